The molecule has 0 saturated carbocycles. The number of hydrogen-bond acceptors (Lipinski definition) is 12. The maximum Gasteiger partial charge on any atom is 0.315 e. The van der Waals surface area contributed by atoms with Crippen molar-refractivity contribution in [1.29, 1.82) is 0 Å². The van der Waals surface area contributed by atoms with Crippen LogP contribution in [-0.4, -0.2) is 126 Å². The van der Waals surface area contributed by atoms with Crippen LogP contribution in [0.2, 0.25) is 0 Å². The molecule has 334 valence electrons. The Bertz CT molecular complexity index is 1460. The molecule has 1 unspecified atom stereocenters. The minimum absolute atomic E-state index is 0.0411. The molecular formula is C37H65N11O10S. The lowest BCUT2D eigenvalue weighted by Gasteiger charge is -2.23. The average molecular weight is 856 g/mol. The van der Waals surface area contributed by atoms with Gasteiger partial charge in [-0.1, -0.05) is 20.3 Å². The van der Waals surface area contributed by atoms with E-state index in [1.54, 1.807) is 0 Å². The van der Waals surface area contributed by atoms with Gasteiger partial charge in [0.1, 0.15) is 18.1 Å². The second kappa shape index (κ2) is 27.1. The first-order valence-corrected chi connectivity index (χ1v) is 21.4. The highest BCUT2D eigenvalue weighted by atomic mass is 32.2. The summed E-state index contributed by atoms with van der Waals surface area (Å²) in [7, 11) is 0. The fraction of sp³-hybridized carbons (Fsp3) is 0.757. The number of carbonyl (C=O) groups is 9. The van der Waals surface area contributed by atoms with E-state index in [1.165, 1.54) is 12.4 Å². The van der Waals surface area contributed by atoms with Crippen LogP contribution in [0.1, 0.15) is 97.8 Å². The van der Waals surface area contributed by atoms with Crippen molar-refractivity contribution in [3.8, 4) is 0 Å². The predicted molar refractivity (Wildman–Crippen MR) is 218 cm³/mol. The molecule has 2 fully saturated rings. The van der Waals surface area contributed by atoms with Crippen LogP contribution in [0, 0.1) is 11.8 Å². The Balaban J connectivity index is 1.70. The van der Waals surface area contributed by atoms with Gasteiger partial charge in [-0.2, -0.15) is 11.8 Å². The number of unbranched alkanes of at least 4 members (excludes halogenated alkanes) is 3. The van der Waals surface area contributed by atoms with E-state index in [0.717, 1.165) is 25.0 Å². The van der Waals surface area contributed by atoms with E-state index < -0.39 is 78.5 Å². The van der Waals surface area contributed by atoms with Crippen LogP contribution in [0.3, 0.4) is 0 Å². The first kappa shape index (κ1) is 50.4. The third-order valence-electron chi connectivity index (χ3n) is 9.89. The Labute approximate surface area is 349 Å². The van der Waals surface area contributed by atoms with E-state index in [0.29, 0.717) is 56.9 Å². The van der Waals surface area contributed by atoms with E-state index in [4.69, 9.17) is 16.7 Å². The van der Waals surface area contributed by atoms with Gasteiger partial charge in [-0.3, -0.25) is 43.6 Å². The molecule has 0 aromatic rings. The summed E-state index contributed by atoms with van der Waals surface area (Å²) in [6.07, 6.45) is 5.37. The van der Waals surface area contributed by atoms with Gasteiger partial charge in [0.25, 0.3) is 0 Å². The van der Waals surface area contributed by atoms with Gasteiger partial charge < -0.3 is 54.0 Å². The Hall–Kier alpha value is -4.70. The third kappa shape index (κ3) is 19.7. The lowest BCUT2D eigenvalue weighted by molar-refractivity contribution is -0.137. The van der Waals surface area contributed by atoms with Crippen LogP contribution < -0.4 is 59.5 Å². The molecule has 0 bridgehead atoms. The topological polar surface area (TPSA) is 334 Å². The quantitative estimate of drug-likeness (QED) is 0.0166. The van der Waals surface area contributed by atoms with Crippen LogP contribution in [0.25, 0.3) is 0 Å². The van der Waals surface area contributed by atoms with Gasteiger partial charge in [-0.05, 0) is 77.2 Å². The number of nitrogens with two attached hydrogens (primary N) is 2. The molecule has 0 aromatic heterocycles. The highest BCUT2D eigenvalue weighted by Gasteiger charge is 2.42. The lowest BCUT2D eigenvalue weighted by atomic mass is 9.93. The molecule has 2 rings (SSSR count). The molecule has 2 aliphatic rings. The normalized spacial score (nSPS) is 18.8. The maximum absolute atomic E-state index is 13.0. The van der Waals surface area contributed by atoms with Crippen molar-refractivity contribution in [3.63, 3.8) is 0 Å². The van der Waals surface area contributed by atoms with Crippen molar-refractivity contribution in [2.24, 2.45) is 23.3 Å². The molecule has 2 aliphatic heterocycles. The zero-order valence-corrected chi connectivity index (χ0v) is 35.1. The first-order valence-electron chi connectivity index (χ1n) is 20.4. The van der Waals surface area contributed by atoms with Gasteiger partial charge in [-0.25, -0.2) is 10.3 Å². The summed E-state index contributed by atoms with van der Waals surface area (Å²) in [5, 5.41) is 30.3. The number of amides is 10. The number of nitrogens with one attached hydrogen (secondary N) is 9. The summed E-state index contributed by atoms with van der Waals surface area (Å²) in [6, 6.07) is -2.99. The Morgan fingerprint density at radius 1 is 0.763 bits per heavy atom. The highest BCUT2D eigenvalue weighted by Crippen LogP contribution is 2.33. The molecule has 0 spiro atoms. The molecule has 2 heterocycles. The number of thioether (sulfide) groups is 1. The SMILES string of the molecule is CC(C)CC(CC(=O)NO)C(=O)N[C@@H](C)C(=O)N[C@@H](CCCCN)C(=O)NCC(=O)NCC(=O)N[C@@H](CCCCNC(=O)CCCC[C@@H]1SC[C@@H]2NC(=O)N[C@@H]21)C(N)=O. The summed E-state index contributed by atoms with van der Waals surface area (Å²) in [4.78, 5) is 111. The number of urea groups is 1. The molecule has 0 aromatic carbocycles. The first-order chi connectivity index (χ1) is 28.0. The van der Waals surface area contributed by atoms with Crippen LogP contribution in [0.4, 0.5) is 4.79 Å². The summed E-state index contributed by atoms with van der Waals surface area (Å²) < 4.78 is 0. The molecule has 59 heavy (non-hydrogen) atoms. The summed E-state index contributed by atoms with van der Waals surface area (Å²) in [5.74, 6) is -4.82. The van der Waals surface area contributed by atoms with E-state index >= 15 is 0 Å². The molecule has 10 amide bonds. The van der Waals surface area contributed by atoms with E-state index in [1.807, 2.05) is 25.6 Å². The summed E-state index contributed by atoms with van der Waals surface area (Å²) >= 11 is 1.84. The molecule has 14 N–H and O–H groups in total. The third-order valence-corrected chi connectivity index (χ3v) is 11.4. The number of fused-ring (bicyclic) bond motifs is 1. The number of hydrogen-bond donors (Lipinski definition) is 12. The van der Waals surface area contributed by atoms with Gasteiger partial charge in [0.15, 0.2) is 0 Å². The Kier molecular flexibility index (Phi) is 23.2. The zero-order chi connectivity index (χ0) is 43.9. The van der Waals surface area contributed by atoms with Crippen molar-refractivity contribution in [1.82, 2.24) is 48.0 Å². The van der Waals surface area contributed by atoms with Gasteiger partial charge >= 0.3 is 6.03 Å². The number of rotatable bonds is 29. The Morgan fingerprint density at radius 2 is 1.46 bits per heavy atom. The van der Waals surface area contributed by atoms with Crippen LogP contribution in [0.5, 0.6) is 0 Å². The average Bonchev–Trinajstić information content (AvgIpc) is 3.74. The second-order valence-electron chi connectivity index (χ2n) is 15.4. The molecule has 7 atom stereocenters. The van der Waals surface area contributed by atoms with E-state index in [2.05, 4.69) is 42.5 Å². The van der Waals surface area contributed by atoms with Crippen molar-refractivity contribution in [2.75, 3.05) is 31.9 Å². The minimum Gasteiger partial charge on any atom is -0.368 e. The van der Waals surface area contributed by atoms with Crippen LogP contribution in [0.15, 0.2) is 0 Å². The smallest absolute Gasteiger partial charge is 0.315 e. The van der Waals surface area contributed by atoms with Gasteiger partial charge in [-0.15, -0.1) is 0 Å². The molecule has 21 nitrogen and oxygen atoms in total. The van der Waals surface area contributed by atoms with E-state index in [-0.39, 0.29) is 49.2 Å². The van der Waals surface area contributed by atoms with E-state index in [9.17, 15) is 43.2 Å². The van der Waals surface area contributed by atoms with Gasteiger partial charge in [0.05, 0.1) is 25.2 Å². The Morgan fingerprint density at radius 3 is 2.14 bits per heavy atom. The van der Waals surface area contributed by atoms with Gasteiger partial charge in [0.2, 0.25) is 47.3 Å². The maximum atomic E-state index is 13.0. The van der Waals surface area contributed by atoms with Crippen molar-refractivity contribution in [3.05, 3.63) is 0 Å². The summed E-state index contributed by atoms with van der Waals surface area (Å²) in [5.41, 5.74) is 12.6. The van der Waals surface area contributed by atoms with Crippen LogP contribution >= 0.6 is 11.8 Å². The highest BCUT2D eigenvalue weighted by molar-refractivity contribution is 8.00. The second-order valence-corrected chi connectivity index (χ2v) is 16.6. The molecular weight excluding hydrogens is 791 g/mol. The molecule has 0 aliphatic carbocycles. The minimum atomic E-state index is -1.09. The molecule has 0 radical (unpaired) electrons. The van der Waals surface area contributed by atoms with Crippen molar-refractivity contribution < 1.29 is 48.4 Å². The van der Waals surface area contributed by atoms with Crippen molar-refractivity contribution in [2.45, 2.75) is 133 Å². The fourth-order valence-electron chi connectivity index (χ4n) is 6.70. The number of primary amides is 1. The largest absolute Gasteiger partial charge is 0.368 e. The molecule has 22 heteroatoms. The number of carbonyl (C=O) groups excluding carboxylic acids is 9. The van der Waals surface area contributed by atoms with Crippen molar-refractivity contribution >= 4 is 65.1 Å². The van der Waals surface area contributed by atoms with Gasteiger partial charge in [0, 0.05) is 36.3 Å². The molecule has 2 saturated heterocycles. The monoisotopic (exact) mass is 855 g/mol. The standard InChI is InChI=1S/C37H65N11O10S/c1-21(2)16-23(17-29(50)48-58)35(55)43-22(3)34(54)45-25(11-6-8-14-38)36(56)42-18-30(51)41-19-31(52)44-24(33(39)53)10-7-9-15-40-28(49)13-5-4-12-27-32-26(20-59-27)46-37(57)47-32/h21-27,32,58H,4-20,38H2,1-3H3,(H2,39,53)(H,40,49)(H,41,51)(H,42,56)(H,43,55)(H,44,52)(H,45,54)(H,48,50)(H2,46,47,57)/t22-,23?,24-,25-,26-,27-,32-/m0/s1. The fourth-order valence-corrected chi connectivity index (χ4v) is 8.25. The number of hydroxylamine groups is 1. The lowest BCUT2D eigenvalue weighted by Crippen LogP contribution is -2.54. The van der Waals surface area contributed by atoms with Crippen LogP contribution in [-0.2, 0) is 38.4 Å². The zero-order valence-electron chi connectivity index (χ0n) is 34.3. The predicted octanol–water partition coefficient (Wildman–Crippen LogP) is -2.12. The summed E-state index contributed by atoms with van der Waals surface area (Å²) in [6.45, 7) is 4.81.